The number of benzene rings is 1. The van der Waals surface area contributed by atoms with Crippen molar-refractivity contribution in [2.24, 2.45) is 11.3 Å². The van der Waals surface area contributed by atoms with Gasteiger partial charge in [0.05, 0.1) is 36.9 Å². The van der Waals surface area contributed by atoms with E-state index in [0.717, 1.165) is 5.56 Å². The number of carbonyl (C=O) groups is 3. The van der Waals surface area contributed by atoms with Crippen LogP contribution in [0, 0.1) is 30.6 Å². The van der Waals surface area contributed by atoms with E-state index >= 15 is 0 Å². The SMILES string of the molecule is C#CCN1C(=O)C2=C(OC3=C(C(=O)CC(C)(C)C3)[C@@H]2c2c(OC)ccc(-c3cccc(C(=O)O)n3)c2C)[C@H]1C(C)C. The number of hydrogen-bond donors (Lipinski definition) is 1. The molecule has 2 aliphatic heterocycles. The molecule has 1 aromatic carbocycles. The molecule has 0 bridgehead atoms. The Morgan fingerprint density at radius 1 is 1.22 bits per heavy atom. The van der Waals surface area contributed by atoms with E-state index in [1.807, 2.05) is 40.7 Å². The van der Waals surface area contributed by atoms with Gasteiger partial charge in [-0.15, -0.1) is 6.42 Å². The number of Topliss-reactive ketones (excluding diaryl/α,β-unsaturated/α-hetero) is 1. The Morgan fingerprint density at radius 2 is 1.95 bits per heavy atom. The van der Waals surface area contributed by atoms with Gasteiger partial charge in [0.15, 0.2) is 5.78 Å². The van der Waals surface area contributed by atoms with Gasteiger partial charge < -0.3 is 19.5 Å². The van der Waals surface area contributed by atoms with Crippen molar-refractivity contribution >= 4 is 17.7 Å². The Hall–Kier alpha value is -4.38. The van der Waals surface area contributed by atoms with Gasteiger partial charge in [-0.1, -0.05) is 39.7 Å². The number of methoxy groups -OCH3 is 1. The molecule has 8 heteroatoms. The summed E-state index contributed by atoms with van der Waals surface area (Å²) in [5.74, 6) is 2.03. The number of nitrogens with zero attached hydrogens (tertiary/aromatic N) is 2. The zero-order valence-corrected chi connectivity index (χ0v) is 24.2. The minimum absolute atomic E-state index is 0.00666. The molecule has 3 aliphatic rings. The van der Waals surface area contributed by atoms with Crippen molar-refractivity contribution in [3.63, 3.8) is 0 Å². The smallest absolute Gasteiger partial charge is 0.354 e. The third-order valence-electron chi connectivity index (χ3n) is 8.17. The van der Waals surface area contributed by atoms with Crippen LogP contribution in [0.3, 0.4) is 0 Å². The summed E-state index contributed by atoms with van der Waals surface area (Å²) in [4.78, 5) is 45.7. The van der Waals surface area contributed by atoms with Crippen LogP contribution in [-0.2, 0) is 14.3 Å². The summed E-state index contributed by atoms with van der Waals surface area (Å²) in [5.41, 5.74) is 2.99. The van der Waals surface area contributed by atoms with Gasteiger partial charge in [-0.3, -0.25) is 9.59 Å². The predicted molar refractivity (Wildman–Crippen MR) is 153 cm³/mol. The minimum Gasteiger partial charge on any atom is -0.496 e. The number of ketones is 1. The number of carboxylic acid groups (broad SMARTS) is 1. The van der Waals surface area contributed by atoms with Crippen LogP contribution in [0.15, 0.2) is 53.0 Å². The van der Waals surface area contributed by atoms with Crippen molar-refractivity contribution in [2.75, 3.05) is 13.7 Å². The van der Waals surface area contributed by atoms with E-state index in [2.05, 4.69) is 10.9 Å². The molecule has 8 nitrogen and oxygen atoms in total. The third-order valence-corrected chi connectivity index (χ3v) is 8.17. The van der Waals surface area contributed by atoms with Gasteiger partial charge in [-0.2, -0.15) is 0 Å². The van der Waals surface area contributed by atoms with E-state index in [9.17, 15) is 19.5 Å². The monoisotopic (exact) mass is 554 g/mol. The number of aromatic carboxylic acids is 1. The van der Waals surface area contributed by atoms with Crippen molar-refractivity contribution in [2.45, 2.75) is 59.4 Å². The molecule has 2 atom stereocenters. The molecular formula is C33H34N2O6. The van der Waals surface area contributed by atoms with Crippen LogP contribution in [0.1, 0.15) is 68.1 Å². The number of rotatable bonds is 6. The molecule has 212 valence electrons. The predicted octanol–water partition coefficient (Wildman–Crippen LogP) is 5.27. The lowest BCUT2D eigenvalue weighted by Gasteiger charge is -2.39. The van der Waals surface area contributed by atoms with Crippen molar-refractivity contribution in [1.82, 2.24) is 9.88 Å². The highest BCUT2D eigenvalue weighted by Crippen LogP contribution is 2.55. The van der Waals surface area contributed by atoms with Gasteiger partial charge in [0, 0.05) is 29.5 Å². The van der Waals surface area contributed by atoms with Gasteiger partial charge in [-0.05, 0) is 48.1 Å². The Balaban J connectivity index is 1.81. The second-order valence-electron chi connectivity index (χ2n) is 12.0. The first-order valence-electron chi connectivity index (χ1n) is 13.7. The molecule has 0 radical (unpaired) electrons. The molecule has 0 saturated heterocycles. The lowest BCUT2D eigenvalue weighted by Crippen LogP contribution is -2.39. The lowest BCUT2D eigenvalue weighted by molar-refractivity contribution is -0.127. The number of carboxylic acids is 1. The first-order valence-corrected chi connectivity index (χ1v) is 13.7. The number of terminal acetylenes is 1. The van der Waals surface area contributed by atoms with E-state index in [1.165, 1.54) is 6.07 Å². The molecule has 5 rings (SSSR count). The van der Waals surface area contributed by atoms with Crippen molar-refractivity contribution in [3.05, 3.63) is 69.8 Å². The maximum Gasteiger partial charge on any atom is 0.354 e. The number of carbonyl (C=O) groups excluding carboxylic acids is 2. The highest BCUT2D eigenvalue weighted by atomic mass is 16.5. The molecule has 2 aromatic rings. The number of hydrogen-bond acceptors (Lipinski definition) is 6. The number of amides is 1. The first-order chi connectivity index (χ1) is 19.4. The number of aromatic nitrogens is 1. The average molecular weight is 555 g/mol. The summed E-state index contributed by atoms with van der Waals surface area (Å²) in [6, 6.07) is 8.03. The minimum atomic E-state index is -1.13. The van der Waals surface area contributed by atoms with E-state index in [4.69, 9.17) is 15.9 Å². The molecular weight excluding hydrogens is 520 g/mol. The van der Waals surface area contributed by atoms with E-state index in [0.29, 0.717) is 58.1 Å². The molecule has 41 heavy (non-hydrogen) atoms. The molecule has 0 spiro atoms. The maximum absolute atomic E-state index is 14.2. The van der Waals surface area contributed by atoms with E-state index in [1.54, 1.807) is 30.2 Å². The summed E-state index contributed by atoms with van der Waals surface area (Å²) in [6.45, 7) is 10.1. The second-order valence-corrected chi connectivity index (χ2v) is 12.0. The van der Waals surface area contributed by atoms with Crippen LogP contribution in [0.4, 0.5) is 0 Å². The van der Waals surface area contributed by atoms with Crippen molar-refractivity contribution in [3.8, 4) is 29.4 Å². The topological polar surface area (TPSA) is 106 Å². The summed E-state index contributed by atoms with van der Waals surface area (Å²) < 4.78 is 12.4. The highest BCUT2D eigenvalue weighted by molar-refractivity contribution is 6.07. The van der Waals surface area contributed by atoms with Gasteiger partial charge in [0.25, 0.3) is 5.91 Å². The molecule has 0 saturated carbocycles. The van der Waals surface area contributed by atoms with Crippen molar-refractivity contribution < 1.29 is 29.0 Å². The zero-order valence-electron chi connectivity index (χ0n) is 24.2. The van der Waals surface area contributed by atoms with Crippen LogP contribution in [-0.4, -0.2) is 52.3 Å². The molecule has 1 amide bonds. The molecule has 1 aromatic heterocycles. The van der Waals surface area contributed by atoms with Gasteiger partial charge in [0.2, 0.25) is 0 Å². The second kappa shape index (κ2) is 10.2. The molecule has 1 aliphatic carbocycles. The van der Waals surface area contributed by atoms with Gasteiger partial charge >= 0.3 is 5.97 Å². The van der Waals surface area contributed by atoms with E-state index in [-0.39, 0.29) is 41.3 Å². The standard InChI is InChI=1S/C33H34N2O6/c1-8-14-35-29(17(2)3)30-28(31(35)37)27(26-22(36)15-33(5,6)16-24(26)41-30)25-18(4)19(12-13-23(25)40-7)20-10-9-11-21(34-20)32(38)39/h1,9-13,17,27,29H,14-16H2,2-7H3,(H,38,39)/t27-,29+/m0/s1. The molecule has 0 fully saturated rings. The fraction of sp³-hybridized carbons (Fsp3) is 0.394. The van der Waals surface area contributed by atoms with Gasteiger partial charge in [-0.25, -0.2) is 9.78 Å². The quantitative estimate of drug-likeness (QED) is 0.485. The highest BCUT2D eigenvalue weighted by Gasteiger charge is 2.53. The summed E-state index contributed by atoms with van der Waals surface area (Å²) in [5, 5.41) is 9.53. The Kier molecular flexibility index (Phi) is 7.02. The third kappa shape index (κ3) is 4.59. The average Bonchev–Trinajstić information content (AvgIpc) is 3.18. The Morgan fingerprint density at radius 3 is 2.59 bits per heavy atom. The zero-order chi connectivity index (χ0) is 29.8. The summed E-state index contributed by atoms with van der Waals surface area (Å²) in [7, 11) is 1.55. The Bertz CT molecular complexity index is 1590. The fourth-order valence-electron chi connectivity index (χ4n) is 6.48. The first kappa shape index (κ1) is 28.2. The molecule has 1 N–H and O–H groups in total. The number of pyridine rings is 1. The fourth-order valence-corrected chi connectivity index (χ4v) is 6.48. The summed E-state index contributed by atoms with van der Waals surface area (Å²) >= 11 is 0. The normalized spacial score (nSPS) is 21.5. The lowest BCUT2D eigenvalue weighted by atomic mass is 9.68. The number of ether oxygens (including phenoxy) is 2. The van der Waals surface area contributed by atoms with Gasteiger partial charge in [0.1, 0.15) is 23.0 Å². The van der Waals surface area contributed by atoms with Crippen LogP contribution in [0.25, 0.3) is 11.3 Å². The number of allylic oxidation sites excluding steroid dienone is 2. The van der Waals surface area contributed by atoms with Crippen molar-refractivity contribution in [1.29, 1.82) is 0 Å². The Labute approximate surface area is 240 Å². The van der Waals surface area contributed by atoms with Crippen LogP contribution in [0.2, 0.25) is 0 Å². The van der Waals surface area contributed by atoms with Crippen LogP contribution >= 0.6 is 0 Å². The molecule has 0 unspecified atom stereocenters. The van der Waals surface area contributed by atoms with E-state index < -0.39 is 11.9 Å². The largest absolute Gasteiger partial charge is 0.496 e. The van der Waals surface area contributed by atoms with Crippen LogP contribution in [0.5, 0.6) is 5.75 Å². The molecule has 3 heterocycles. The summed E-state index contributed by atoms with van der Waals surface area (Å²) in [6.07, 6.45) is 6.55. The van der Waals surface area contributed by atoms with Crippen LogP contribution < -0.4 is 4.74 Å². The maximum atomic E-state index is 14.2.